The third kappa shape index (κ3) is 3.87. The molecule has 9 heteroatoms. The summed E-state index contributed by atoms with van der Waals surface area (Å²) in [7, 11) is -5.37. The normalized spacial score (nSPS) is 13.0. The highest BCUT2D eigenvalue weighted by atomic mass is 32.2. The highest BCUT2D eigenvalue weighted by Crippen LogP contribution is 2.30. The van der Waals surface area contributed by atoms with E-state index < -0.39 is 31.6 Å². The molecule has 0 aliphatic carbocycles. The fourth-order valence-electron chi connectivity index (χ4n) is 1.28. The lowest BCUT2D eigenvalue weighted by atomic mass is 9.94. The van der Waals surface area contributed by atoms with Crippen LogP contribution in [0.1, 0.15) is 13.8 Å². The largest absolute Gasteiger partial charge is 0.501 e. The number of benzene rings is 1. The maximum atomic E-state index is 12.3. The molecule has 0 atom stereocenters. The smallest absolute Gasteiger partial charge is 0.481 e. The molecule has 1 rings (SSSR count). The van der Waals surface area contributed by atoms with E-state index >= 15 is 0 Å². The van der Waals surface area contributed by atoms with Crippen LogP contribution in [0.5, 0.6) is 0 Å². The fourth-order valence-corrected chi connectivity index (χ4v) is 2.05. The Morgan fingerprint density at radius 1 is 1.19 bits per heavy atom. The van der Waals surface area contributed by atoms with Crippen molar-refractivity contribution in [1.82, 2.24) is 0 Å². The van der Waals surface area contributed by atoms with E-state index in [-0.39, 0.29) is 6.54 Å². The van der Waals surface area contributed by atoms with Crippen LogP contribution < -0.4 is 5.32 Å². The first kappa shape index (κ1) is 17.3. The van der Waals surface area contributed by atoms with Crippen molar-refractivity contribution in [1.29, 1.82) is 0 Å². The van der Waals surface area contributed by atoms with E-state index in [2.05, 4.69) is 5.32 Å². The molecule has 0 amide bonds. The summed E-state index contributed by atoms with van der Waals surface area (Å²) < 4.78 is 59.3. The van der Waals surface area contributed by atoms with Gasteiger partial charge in [-0.05, 0) is 38.1 Å². The molecule has 0 heterocycles. The molecule has 0 aromatic heterocycles. The first-order valence-corrected chi connectivity index (χ1v) is 7.25. The molecule has 21 heavy (non-hydrogen) atoms. The summed E-state index contributed by atoms with van der Waals surface area (Å²) in [6.07, 6.45) is 0. The summed E-state index contributed by atoms with van der Waals surface area (Å²) in [6, 6.07) is 3.94. The van der Waals surface area contributed by atoms with Crippen molar-refractivity contribution < 1.29 is 31.5 Å². The van der Waals surface area contributed by atoms with Crippen molar-refractivity contribution in [2.24, 2.45) is 5.41 Å². The van der Waals surface area contributed by atoms with Gasteiger partial charge in [0.05, 0.1) is 10.3 Å². The van der Waals surface area contributed by atoms with Gasteiger partial charge in [0.2, 0.25) is 0 Å². The summed E-state index contributed by atoms with van der Waals surface area (Å²) in [6.45, 7) is 2.99. The number of aliphatic carboxylic acids is 1. The van der Waals surface area contributed by atoms with Crippen molar-refractivity contribution in [3.05, 3.63) is 24.3 Å². The second-order valence-electron chi connectivity index (χ2n) is 5.02. The quantitative estimate of drug-likeness (QED) is 0.869. The lowest BCUT2D eigenvalue weighted by Crippen LogP contribution is -2.31. The highest BCUT2D eigenvalue weighted by Gasteiger charge is 2.46. The van der Waals surface area contributed by atoms with Crippen molar-refractivity contribution in [2.45, 2.75) is 24.3 Å². The lowest BCUT2D eigenvalue weighted by molar-refractivity contribution is -0.146. The minimum atomic E-state index is -5.37. The number of hydrogen-bond acceptors (Lipinski definition) is 4. The van der Waals surface area contributed by atoms with Gasteiger partial charge in [0.15, 0.2) is 0 Å². The number of carboxylic acids is 1. The monoisotopic (exact) mass is 325 g/mol. The second-order valence-corrected chi connectivity index (χ2v) is 6.96. The number of carboxylic acid groups (broad SMARTS) is 1. The van der Waals surface area contributed by atoms with Crippen LogP contribution in [0.4, 0.5) is 18.9 Å². The first-order chi connectivity index (χ1) is 9.38. The van der Waals surface area contributed by atoms with Crippen molar-refractivity contribution in [3.63, 3.8) is 0 Å². The average molecular weight is 325 g/mol. The van der Waals surface area contributed by atoms with Crippen LogP contribution in [0.25, 0.3) is 0 Å². The third-order valence-corrected chi connectivity index (χ3v) is 4.28. The summed E-state index contributed by atoms with van der Waals surface area (Å²) in [5, 5.41) is 11.6. The molecule has 118 valence electrons. The number of sulfone groups is 1. The van der Waals surface area contributed by atoms with Gasteiger partial charge < -0.3 is 10.4 Å². The molecular weight excluding hydrogens is 311 g/mol. The topological polar surface area (TPSA) is 83.5 Å². The van der Waals surface area contributed by atoms with E-state index in [9.17, 15) is 26.4 Å². The molecule has 0 saturated carbocycles. The Bertz CT molecular complexity index is 621. The SMILES string of the molecule is CC(C)(CNc1ccc(S(=O)(=O)C(F)(F)F)cc1)C(=O)O. The van der Waals surface area contributed by atoms with Crippen LogP contribution in [0.15, 0.2) is 29.2 Å². The predicted molar refractivity (Wildman–Crippen MR) is 69.6 cm³/mol. The fraction of sp³-hybridized carbons (Fsp3) is 0.417. The number of carbonyl (C=O) groups is 1. The van der Waals surface area contributed by atoms with Crippen LogP contribution in [0, 0.1) is 5.41 Å². The van der Waals surface area contributed by atoms with Crippen LogP contribution >= 0.6 is 0 Å². The Morgan fingerprint density at radius 2 is 1.67 bits per heavy atom. The van der Waals surface area contributed by atoms with Gasteiger partial charge in [-0.3, -0.25) is 4.79 Å². The van der Waals surface area contributed by atoms with Crippen molar-refractivity contribution >= 4 is 21.5 Å². The molecule has 0 unspecified atom stereocenters. The molecule has 0 spiro atoms. The van der Waals surface area contributed by atoms with E-state index in [0.29, 0.717) is 5.69 Å². The van der Waals surface area contributed by atoms with Gasteiger partial charge in [0.25, 0.3) is 9.84 Å². The molecule has 2 N–H and O–H groups in total. The summed E-state index contributed by atoms with van der Waals surface area (Å²) in [5.41, 5.74) is -6.10. The van der Waals surface area contributed by atoms with Gasteiger partial charge in [-0.1, -0.05) is 0 Å². The molecular formula is C12H14F3NO4S. The third-order valence-electron chi connectivity index (χ3n) is 2.78. The molecule has 0 bridgehead atoms. The zero-order valence-corrected chi connectivity index (χ0v) is 12.0. The van der Waals surface area contributed by atoms with Gasteiger partial charge in [-0.2, -0.15) is 13.2 Å². The number of rotatable bonds is 5. The van der Waals surface area contributed by atoms with Gasteiger partial charge in [0.1, 0.15) is 0 Å². The maximum absolute atomic E-state index is 12.3. The number of alkyl halides is 3. The van der Waals surface area contributed by atoms with Gasteiger partial charge >= 0.3 is 11.5 Å². The Balaban J connectivity index is 2.88. The Hall–Kier alpha value is -1.77. The molecule has 0 aliphatic heterocycles. The molecule has 0 radical (unpaired) electrons. The summed E-state index contributed by atoms with van der Waals surface area (Å²) in [5.74, 6) is -1.04. The molecule has 1 aromatic rings. The van der Waals surface area contributed by atoms with E-state index in [4.69, 9.17) is 5.11 Å². The van der Waals surface area contributed by atoms with E-state index in [1.165, 1.54) is 13.8 Å². The van der Waals surface area contributed by atoms with Crippen molar-refractivity contribution in [2.75, 3.05) is 11.9 Å². The highest BCUT2D eigenvalue weighted by molar-refractivity contribution is 7.92. The zero-order chi connectivity index (χ0) is 16.5. The van der Waals surface area contributed by atoms with Crippen LogP contribution in [-0.2, 0) is 14.6 Å². The number of halogens is 3. The molecule has 0 aliphatic rings. The van der Waals surface area contributed by atoms with Crippen LogP contribution in [0.3, 0.4) is 0 Å². The minimum Gasteiger partial charge on any atom is -0.481 e. The predicted octanol–water partition coefficient (Wildman–Crippen LogP) is 2.50. The van der Waals surface area contributed by atoms with Gasteiger partial charge in [-0.15, -0.1) is 0 Å². The Morgan fingerprint density at radius 3 is 2.05 bits per heavy atom. The maximum Gasteiger partial charge on any atom is 0.501 e. The lowest BCUT2D eigenvalue weighted by Gasteiger charge is -2.20. The summed E-state index contributed by atoms with van der Waals surface area (Å²) in [4.78, 5) is 10.0. The molecule has 0 saturated heterocycles. The molecule has 1 aromatic carbocycles. The first-order valence-electron chi connectivity index (χ1n) is 5.76. The standard InChI is InChI=1S/C12H14F3NO4S/c1-11(2,10(17)18)7-16-8-3-5-9(6-4-8)21(19,20)12(13,14)15/h3-6,16H,7H2,1-2H3,(H,17,18). The Kier molecular flexibility index (Phi) is 4.57. The van der Waals surface area contributed by atoms with E-state index in [1.54, 1.807) is 0 Å². The number of hydrogen-bond donors (Lipinski definition) is 2. The average Bonchev–Trinajstić information content (AvgIpc) is 2.35. The van der Waals surface area contributed by atoms with E-state index in [1.807, 2.05) is 0 Å². The van der Waals surface area contributed by atoms with E-state index in [0.717, 1.165) is 24.3 Å². The number of nitrogens with one attached hydrogen (secondary N) is 1. The molecule has 5 nitrogen and oxygen atoms in total. The summed E-state index contributed by atoms with van der Waals surface area (Å²) >= 11 is 0. The van der Waals surface area contributed by atoms with Crippen molar-refractivity contribution in [3.8, 4) is 0 Å². The van der Waals surface area contributed by atoms with Crippen LogP contribution in [-0.4, -0.2) is 31.5 Å². The number of anilines is 1. The van der Waals surface area contributed by atoms with Crippen LogP contribution in [0.2, 0.25) is 0 Å². The van der Waals surface area contributed by atoms with Gasteiger partial charge in [0, 0.05) is 12.2 Å². The minimum absolute atomic E-state index is 0.0354. The Labute approximate surface area is 119 Å². The molecule has 0 fully saturated rings. The van der Waals surface area contributed by atoms with Gasteiger partial charge in [-0.25, -0.2) is 8.42 Å². The second kappa shape index (κ2) is 5.55. The zero-order valence-electron chi connectivity index (χ0n) is 11.2.